The largest absolute Gasteiger partial charge is 0.358 e. The Hall–Kier alpha value is -0.930. The first-order valence-corrected chi connectivity index (χ1v) is 9.38. The number of thioether (sulfide) groups is 1. The van der Waals surface area contributed by atoms with Gasteiger partial charge in [0.15, 0.2) is 0 Å². The lowest BCUT2D eigenvalue weighted by Crippen LogP contribution is -2.27. The molecule has 2 aromatic rings. The van der Waals surface area contributed by atoms with Gasteiger partial charge in [0.25, 0.3) is 0 Å². The van der Waals surface area contributed by atoms with Crippen molar-refractivity contribution in [3.05, 3.63) is 29.5 Å². The van der Waals surface area contributed by atoms with Gasteiger partial charge in [-0.15, -0.1) is 11.8 Å². The molecule has 4 rings (SSSR count). The van der Waals surface area contributed by atoms with Crippen LogP contribution in [-0.2, 0) is 6.42 Å². The third-order valence-corrected chi connectivity index (χ3v) is 6.02. The normalized spacial score (nSPS) is 23.2. The van der Waals surface area contributed by atoms with Crippen LogP contribution in [0.2, 0.25) is 0 Å². The molecule has 112 valence electrons. The molecule has 1 aliphatic heterocycles. The van der Waals surface area contributed by atoms with E-state index in [1.54, 1.807) is 11.3 Å². The summed E-state index contributed by atoms with van der Waals surface area (Å²) in [6.07, 6.45) is 8.88. The zero-order valence-corrected chi connectivity index (χ0v) is 13.8. The van der Waals surface area contributed by atoms with Crippen LogP contribution in [0.3, 0.4) is 0 Å². The number of aromatic nitrogens is 1. The Labute approximate surface area is 131 Å². The Morgan fingerprint density at radius 1 is 1.29 bits per heavy atom. The molecule has 3 heteroatoms. The number of rotatable bonds is 4. The minimum absolute atomic E-state index is 0.733. The van der Waals surface area contributed by atoms with Crippen LogP contribution in [0.15, 0.2) is 23.1 Å². The summed E-state index contributed by atoms with van der Waals surface area (Å²) in [5.41, 5.74) is 4.52. The summed E-state index contributed by atoms with van der Waals surface area (Å²) in [5, 5.41) is 1.51. The van der Waals surface area contributed by atoms with Gasteiger partial charge in [-0.25, -0.2) is 0 Å². The molecule has 2 aliphatic rings. The van der Waals surface area contributed by atoms with E-state index in [9.17, 15) is 0 Å². The monoisotopic (exact) mass is 300 g/mol. The van der Waals surface area contributed by atoms with Gasteiger partial charge in [-0.1, -0.05) is 6.07 Å². The smallest absolute Gasteiger partial charge is 0.0470 e. The minimum Gasteiger partial charge on any atom is -0.358 e. The van der Waals surface area contributed by atoms with Crippen LogP contribution in [-0.4, -0.2) is 35.8 Å². The second kappa shape index (κ2) is 5.36. The Bertz CT molecular complexity index is 657. The number of aromatic amines is 1. The number of hydrogen-bond acceptors (Lipinski definition) is 2. The second-order valence-corrected chi connectivity index (χ2v) is 7.50. The Kier molecular flexibility index (Phi) is 3.50. The molecule has 21 heavy (non-hydrogen) atoms. The van der Waals surface area contributed by atoms with Crippen LogP contribution in [0.1, 0.15) is 42.9 Å². The summed E-state index contributed by atoms with van der Waals surface area (Å²) in [5.74, 6) is 0.800. The van der Waals surface area contributed by atoms with Crippen molar-refractivity contribution in [2.75, 3.05) is 19.8 Å². The summed E-state index contributed by atoms with van der Waals surface area (Å²) in [6.45, 7) is 1.27. The lowest BCUT2D eigenvalue weighted by Gasteiger charge is -2.20. The highest BCUT2D eigenvalue weighted by atomic mass is 32.2. The molecule has 0 bridgehead atoms. The van der Waals surface area contributed by atoms with Crippen LogP contribution in [0.4, 0.5) is 0 Å². The van der Waals surface area contributed by atoms with Gasteiger partial charge in [-0.2, -0.15) is 0 Å². The van der Waals surface area contributed by atoms with E-state index in [0.29, 0.717) is 0 Å². The summed E-state index contributed by atoms with van der Waals surface area (Å²) in [4.78, 5) is 7.75. The topological polar surface area (TPSA) is 19.0 Å². The quantitative estimate of drug-likeness (QED) is 0.844. The molecular weight excluding hydrogens is 276 g/mol. The van der Waals surface area contributed by atoms with Crippen molar-refractivity contribution in [2.45, 2.75) is 49.0 Å². The van der Waals surface area contributed by atoms with Crippen molar-refractivity contribution in [1.29, 1.82) is 0 Å². The van der Waals surface area contributed by atoms with Crippen molar-refractivity contribution in [3.63, 3.8) is 0 Å². The molecule has 0 radical (unpaired) electrons. The van der Waals surface area contributed by atoms with Crippen LogP contribution in [0.25, 0.3) is 10.9 Å². The van der Waals surface area contributed by atoms with Crippen molar-refractivity contribution in [1.82, 2.24) is 9.88 Å². The number of benzene rings is 1. The molecule has 2 fully saturated rings. The van der Waals surface area contributed by atoms with Crippen LogP contribution in [0.5, 0.6) is 0 Å². The average molecular weight is 300 g/mol. The lowest BCUT2D eigenvalue weighted by atomic mass is 9.99. The van der Waals surface area contributed by atoms with Crippen molar-refractivity contribution >= 4 is 22.7 Å². The van der Waals surface area contributed by atoms with Crippen molar-refractivity contribution in [3.8, 4) is 0 Å². The minimum atomic E-state index is 0.733. The SMILES string of the molecule is CSc1cccc2[nH]c(C3CC3)c(C[C@H]3CCCN3C)c12. The molecule has 1 aliphatic carbocycles. The molecule has 1 aromatic heterocycles. The maximum absolute atomic E-state index is 3.76. The number of nitrogens with one attached hydrogen (secondary N) is 1. The molecule has 1 N–H and O–H groups in total. The van der Waals surface area contributed by atoms with Gasteiger partial charge in [0.2, 0.25) is 0 Å². The van der Waals surface area contributed by atoms with Crippen molar-refractivity contribution < 1.29 is 0 Å². The van der Waals surface area contributed by atoms with Crippen LogP contribution in [0, 0.1) is 0 Å². The van der Waals surface area contributed by atoms with E-state index in [1.807, 2.05) is 11.8 Å². The van der Waals surface area contributed by atoms with Crippen molar-refractivity contribution in [2.24, 2.45) is 0 Å². The first-order valence-electron chi connectivity index (χ1n) is 8.15. The van der Waals surface area contributed by atoms with Gasteiger partial charge in [-0.05, 0) is 75.6 Å². The third kappa shape index (κ3) is 2.40. The number of likely N-dealkylation sites (N-methyl/N-ethyl adjacent to an activating group) is 1. The average Bonchev–Trinajstić information content (AvgIpc) is 3.17. The summed E-state index contributed by atoms with van der Waals surface area (Å²) >= 11 is 1.88. The molecule has 1 saturated carbocycles. The number of nitrogens with zero attached hydrogens (tertiary/aromatic N) is 1. The number of hydrogen-bond donors (Lipinski definition) is 1. The van der Waals surface area contributed by atoms with Gasteiger partial charge in [-0.3, -0.25) is 0 Å². The van der Waals surface area contributed by atoms with E-state index < -0.39 is 0 Å². The summed E-state index contributed by atoms with van der Waals surface area (Å²) < 4.78 is 0. The standard InChI is InChI=1S/C18H24N2S/c1-20-10-4-5-13(20)11-14-17-15(6-3-7-16(17)21-2)19-18(14)12-8-9-12/h3,6-7,12-13,19H,4-5,8-11H2,1-2H3/t13-/m1/s1. The van der Waals surface area contributed by atoms with E-state index in [2.05, 4.69) is 41.4 Å². The fraction of sp³-hybridized carbons (Fsp3) is 0.556. The van der Waals surface area contributed by atoms with Crippen LogP contribution >= 0.6 is 11.8 Å². The fourth-order valence-corrected chi connectivity index (χ4v) is 4.53. The second-order valence-electron chi connectivity index (χ2n) is 6.66. The number of fused-ring (bicyclic) bond motifs is 1. The first kappa shape index (κ1) is 13.7. The van der Waals surface area contributed by atoms with Crippen LogP contribution < -0.4 is 0 Å². The molecule has 1 aromatic carbocycles. The molecule has 2 heterocycles. The van der Waals surface area contributed by atoms with E-state index >= 15 is 0 Å². The third-order valence-electron chi connectivity index (χ3n) is 5.24. The highest BCUT2D eigenvalue weighted by Gasteiger charge is 2.31. The van der Waals surface area contributed by atoms with Gasteiger partial charge in [0.1, 0.15) is 0 Å². The maximum atomic E-state index is 3.76. The Morgan fingerprint density at radius 2 is 2.14 bits per heavy atom. The molecule has 1 saturated heterocycles. The maximum Gasteiger partial charge on any atom is 0.0470 e. The lowest BCUT2D eigenvalue weighted by molar-refractivity contribution is 0.309. The van der Waals surface area contributed by atoms with Gasteiger partial charge in [0, 0.05) is 27.5 Å². The van der Waals surface area contributed by atoms with E-state index in [1.165, 1.54) is 54.4 Å². The van der Waals surface area contributed by atoms with Gasteiger partial charge >= 0.3 is 0 Å². The zero-order valence-electron chi connectivity index (χ0n) is 13.0. The number of likely N-dealkylation sites (tertiary alicyclic amines) is 1. The molecular formula is C18H24N2S. The Balaban J connectivity index is 1.81. The van der Waals surface area contributed by atoms with Gasteiger partial charge < -0.3 is 9.88 Å². The zero-order chi connectivity index (χ0) is 14.4. The Morgan fingerprint density at radius 3 is 2.81 bits per heavy atom. The summed E-state index contributed by atoms with van der Waals surface area (Å²) in [7, 11) is 2.29. The first-order chi connectivity index (χ1) is 10.3. The van der Waals surface area contributed by atoms with E-state index in [-0.39, 0.29) is 0 Å². The highest BCUT2D eigenvalue weighted by Crippen LogP contribution is 2.45. The predicted octanol–water partition coefficient (Wildman–Crippen LogP) is 4.40. The van der Waals surface area contributed by atoms with Gasteiger partial charge in [0.05, 0.1) is 0 Å². The molecule has 0 amide bonds. The fourth-order valence-electron chi connectivity index (χ4n) is 3.88. The predicted molar refractivity (Wildman–Crippen MR) is 91.4 cm³/mol. The molecule has 0 unspecified atom stereocenters. The van der Waals surface area contributed by atoms with E-state index in [0.717, 1.165) is 12.0 Å². The molecule has 1 atom stereocenters. The van der Waals surface area contributed by atoms with E-state index in [4.69, 9.17) is 0 Å². The summed E-state index contributed by atoms with van der Waals surface area (Å²) in [6, 6.07) is 7.45. The number of H-pyrrole nitrogens is 1. The highest BCUT2D eigenvalue weighted by molar-refractivity contribution is 7.98. The molecule has 2 nitrogen and oxygen atoms in total. The molecule has 0 spiro atoms.